The molecule has 0 bridgehead atoms. The number of nitrogens with one attached hydrogen (secondary N) is 2. The van der Waals surface area contributed by atoms with Crippen LogP contribution in [0.25, 0.3) is 0 Å². The molecule has 5 nitrogen and oxygen atoms in total. The predicted molar refractivity (Wildman–Crippen MR) is 90.5 cm³/mol. The Balaban J connectivity index is 1.64. The second-order valence-electron chi connectivity index (χ2n) is 6.19. The highest BCUT2D eigenvalue weighted by Gasteiger charge is 2.22. The van der Waals surface area contributed by atoms with Crippen LogP contribution < -0.4 is 5.32 Å². The van der Waals surface area contributed by atoms with Crippen molar-refractivity contribution in [3.05, 3.63) is 53.9 Å². The van der Waals surface area contributed by atoms with E-state index in [4.69, 9.17) is 4.74 Å². The first-order chi connectivity index (χ1) is 11.1. The summed E-state index contributed by atoms with van der Waals surface area (Å²) in [4.78, 5) is 17.4. The highest BCUT2D eigenvalue weighted by Crippen LogP contribution is 2.17. The van der Waals surface area contributed by atoms with Gasteiger partial charge in [-0.15, -0.1) is 0 Å². The zero-order chi connectivity index (χ0) is 16.2. The molecule has 23 heavy (non-hydrogen) atoms. The number of carbonyl (C=O) groups is 1. The molecule has 1 saturated heterocycles. The SMILES string of the molecule is CC1CN(Cc2cccc(NC(=O)c3ccc[nH]3)c2)CC(C)O1. The molecule has 0 spiro atoms. The standard InChI is InChI=1S/C18H23N3O2/c1-13-10-21(11-14(2)23-13)12-15-5-3-6-16(9-15)20-18(22)17-7-4-8-19-17/h3-9,13-14,19H,10-12H2,1-2H3,(H,20,22). The predicted octanol–water partition coefficient (Wildman–Crippen LogP) is 2.88. The third-order valence-electron chi connectivity index (χ3n) is 3.93. The van der Waals surface area contributed by atoms with E-state index >= 15 is 0 Å². The van der Waals surface area contributed by atoms with E-state index in [9.17, 15) is 4.79 Å². The molecule has 1 aromatic carbocycles. The third-order valence-corrected chi connectivity index (χ3v) is 3.93. The van der Waals surface area contributed by atoms with Gasteiger partial charge in [-0.25, -0.2) is 0 Å². The first-order valence-corrected chi connectivity index (χ1v) is 8.01. The third kappa shape index (κ3) is 4.21. The van der Waals surface area contributed by atoms with Crippen LogP contribution in [0.15, 0.2) is 42.6 Å². The molecule has 1 aromatic heterocycles. The van der Waals surface area contributed by atoms with Gasteiger partial charge in [0.2, 0.25) is 0 Å². The lowest BCUT2D eigenvalue weighted by Crippen LogP contribution is -2.44. The van der Waals surface area contributed by atoms with Crippen molar-refractivity contribution in [3.8, 4) is 0 Å². The molecule has 2 heterocycles. The minimum Gasteiger partial charge on any atom is -0.373 e. The van der Waals surface area contributed by atoms with Crippen LogP contribution in [0.5, 0.6) is 0 Å². The molecule has 2 atom stereocenters. The van der Waals surface area contributed by atoms with Crippen molar-refractivity contribution in [3.63, 3.8) is 0 Å². The molecule has 0 saturated carbocycles. The average molecular weight is 313 g/mol. The topological polar surface area (TPSA) is 57.4 Å². The Bertz CT molecular complexity index is 644. The van der Waals surface area contributed by atoms with E-state index in [-0.39, 0.29) is 18.1 Å². The normalized spacial score (nSPS) is 22.0. The number of aromatic amines is 1. The van der Waals surface area contributed by atoms with Gasteiger partial charge in [0.1, 0.15) is 5.69 Å². The molecule has 122 valence electrons. The minimum atomic E-state index is -0.124. The van der Waals surface area contributed by atoms with E-state index < -0.39 is 0 Å². The zero-order valence-electron chi connectivity index (χ0n) is 13.6. The van der Waals surface area contributed by atoms with Gasteiger partial charge in [0, 0.05) is 31.5 Å². The Labute approximate surface area is 136 Å². The fourth-order valence-electron chi connectivity index (χ4n) is 3.09. The summed E-state index contributed by atoms with van der Waals surface area (Å²) >= 11 is 0. The summed E-state index contributed by atoms with van der Waals surface area (Å²) in [6, 6.07) is 11.6. The summed E-state index contributed by atoms with van der Waals surface area (Å²) in [5, 5.41) is 2.93. The molecule has 1 fully saturated rings. The largest absolute Gasteiger partial charge is 0.373 e. The Morgan fingerprint density at radius 2 is 2.04 bits per heavy atom. The summed E-state index contributed by atoms with van der Waals surface area (Å²) < 4.78 is 5.77. The van der Waals surface area contributed by atoms with Crippen molar-refractivity contribution in [2.75, 3.05) is 18.4 Å². The summed E-state index contributed by atoms with van der Waals surface area (Å²) in [5.74, 6) is -0.124. The first-order valence-electron chi connectivity index (χ1n) is 8.01. The van der Waals surface area contributed by atoms with E-state index in [1.54, 1.807) is 12.3 Å². The number of nitrogens with zero attached hydrogens (tertiary/aromatic N) is 1. The van der Waals surface area contributed by atoms with Gasteiger partial charge >= 0.3 is 0 Å². The maximum Gasteiger partial charge on any atom is 0.272 e. The highest BCUT2D eigenvalue weighted by atomic mass is 16.5. The van der Waals surface area contributed by atoms with Crippen LogP contribution in [0.1, 0.15) is 29.9 Å². The van der Waals surface area contributed by atoms with Crippen LogP contribution in [0.2, 0.25) is 0 Å². The van der Waals surface area contributed by atoms with Crippen LogP contribution in [0.3, 0.4) is 0 Å². The molecule has 0 aliphatic carbocycles. The molecule has 1 aliphatic rings. The Morgan fingerprint density at radius 3 is 2.74 bits per heavy atom. The quantitative estimate of drug-likeness (QED) is 0.912. The van der Waals surface area contributed by atoms with Crippen molar-refractivity contribution in [1.29, 1.82) is 0 Å². The lowest BCUT2D eigenvalue weighted by atomic mass is 10.1. The van der Waals surface area contributed by atoms with Gasteiger partial charge in [-0.05, 0) is 43.7 Å². The molecule has 1 aliphatic heterocycles. The van der Waals surface area contributed by atoms with Gasteiger partial charge in [0.05, 0.1) is 12.2 Å². The van der Waals surface area contributed by atoms with Gasteiger partial charge in [-0.1, -0.05) is 12.1 Å². The van der Waals surface area contributed by atoms with Crippen molar-refractivity contribution >= 4 is 11.6 Å². The van der Waals surface area contributed by atoms with E-state index in [1.807, 2.05) is 24.3 Å². The lowest BCUT2D eigenvalue weighted by molar-refractivity contribution is -0.0704. The Hall–Kier alpha value is -2.11. The van der Waals surface area contributed by atoms with Gasteiger partial charge in [0.15, 0.2) is 0 Å². The minimum absolute atomic E-state index is 0.124. The summed E-state index contributed by atoms with van der Waals surface area (Å²) in [7, 11) is 0. The fourth-order valence-corrected chi connectivity index (χ4v) is 3.09. The number of benzene rings is 1. The molecule has 1 amide bonds. The molecule has 2 aromatic rings. The maximum absolute atomic E-state index is 12.1. The number of carbonyl (C=O) groups excluding carboxylic acids is 1. The van der Waals surface area contributed by atoms with Crippen LogP contribution in [-0.4, -0.2) is 41.1 Å². The zero-order valence-corrected chi connectivity index (χ0v) is 13.6. The monoisotopic (exact) mass is 313 g/mol. The van der Waals surface area contributed by atoms with Crippen LogP contribution in [-0.2, 0) is 11.3 Å². The number of hydrogen-bond acceptors (Lipinski definition) is 3. The molecule has 0 radical (unpaired) electrons. The molecule has 2 N–H and O–H groups in total. The number of amides is 1. The first kappa shape index (κ1) is 15.8. The number of aromatic nitrogens is 1. The molecular formula is C18H23N3O2. The lowest BCUT2D eigenvalue weighted by Gasteiger charge is -2.35. The number of H-pyrrole nitrogens is 1. The number of anilines is 1. The van der Waals surface area contributed by atoms with E-state index in [1.165, 1.54) is 5.56 Å². The van der Waals surface area contributed by atoms with Crippen LogP contribution in [0.4, 0.5) is 5.69 Å². The van der Waals surface area contributed by atoms with Gasteiger partial charge in [-0.3, -0.25) is 9.69 Å². The summed E-state index contributed by atoms with van der Waals surface area (Å²) in [6.07, 6.45) is 2.26. The second kappa shape index (κ2) is 6.98. The average Bonchev–Trinajstić information content (AvgIpc) is 3.00. The van der Waals surface area contributed by atoms with Gasteiger partial charge in [0.25, 0.3) is 5.91 Å². The fraction of sp³-hybridized carbons (Fsp3) is 0.389. The smallest absolute Gasteiger partial charge is 0.272 e. The Kier molecular flexibility index (Phi) is 4.79. The molecule has 2 unspecified atom stereocenters. The second-order valence-corrected chi connectivity index (χ2v) is 6.19. The van der Waals surface area contributed by atoms with E-state index in [2.05, 4.69) is 35.1 Å². The molecule has 5 heteroatoms. The number of hydrogen-bond donors (Lipinski definition) is 2. The molecular weight excluding hydrogens is 290 g/mol. The van der Waals surface area contributed by atoms with Gasteiger partial charge in [-0.2, -0.15) is 0 Å². The molecule has 3 rings (SSSR count). The van der Waals surface area contributed by atoms with Crippen LogP contribution in [0, 0.1) is 0 Å². The van der Waals surface area contributed by atoms with Gasteiger partial charge < -0.3 is 15.0 Å². The van der Waals surface area contributed by atoms with E-state index in [0.29, 0.717) is 5.69 Å². The summed E-state index contributed by atoms with van der Waals surface area (Å²) in [5.41, 5.74) is 2.57. The van der Waals surface area contributed by atoms with Crippen LogP contribution >= 0.6 is 0 Å². The Morgan fingerprint density at radius 1 is 1.26 bits per heavy atom. The number of morpholine rings is 1. The number of ether oxygens (including phenoxy) is 1. The van der Waals surface area contributed by atoms with Crippen molar-refractivity contribution in [1.82, 2.24) is 9.88 Å². The van der Waals surface area contributed by atoms with Crippen molar-refractivity contribution in [2.45, 2.75) is 32.6 Å². The van der Waals surface area contributed by atoms with Crippen molar-refractivity contribution in [2.24, 2.45) is 0 Å². The van der Waals surface area contributed by atoms with E-state index in [0.717, 1.165) is 25.3 Å². The van der Waals surface area contributed by atoms with Crippen molar-refractivity contribution < 1.29 is 9.53 Å². The number of rotatable bonds is 4. The maximum atomic E-state index is 12.1. The summed E-state index contributed by atoms with van der Waals surface area (Å²) in [6.45, 7) is 6.95. The highest BCUT2D eigenvalue weighted by molar-refractivity contribution is 6.02.